The maximum Gasteiger partial charge on any atom is 0.271 e. The highest BCUT2D eigenvalue weighted by Crippen LogP contribution is 2.31. The first-order valence-corrected chi connectivity index (χ1v) is 10.4. The van der Waals surface area contributed by atoms with E-state index in [4.69, 9.17) is 0 Å². The number of carbonyl (C=O) groups is 1. The van der Waals surface area contributed by atoms with Gasteiger partial charge in [-0.3, -0.25) is 4.79 Å². The van der Waals surface area contributed by atoms with Crippen LogP contribution in [0.25, 0.3) is 22.2 Å². The Morgan fingerprint density at radius 3 is 2.23 bits per heavy atom. The maximum atomic E-state index is 12.6. The van der Waals surface area contributed by atoms with Crippen molar-refractivity contribution in [3.05, 3.63) is 95.6 Å². The van der Waals surface area contributed by atoms with E-state index < -0.39 is 0 Å². The molecule has 156 valence electrons. The maximum absolute atomic E-state index is 12.6. The largest absolute Gasteiger partial charge is 0.343 e. The fourth-order valence-electron chi connectivity index (χ4n) is 3.84. The van der Waals surface area contributed by atoms with Crippen molar-refractivity contribution in [2.75, 3.05) is 0 Å². The van der Waals surface area contributed by atoms with Crippen LogP contribution in [0.2, 0.25) is 0 Å². The topological polar surface area (TPSA) is 46.4 Å². The Kier molecular flexibility index (Phi) is 5.47. The summed E-state index contributed by atoms with van der Waals surface area (Å²) < 4.78 is 2.17. The van der Waals surface area contributed by atoms with E-state index in [-0.39, 0.29) is 11.3 Å². The summed E-state index contributed by atoms with van der Waals surface area (Å²) >= 11 is 0. The lowest BCUT2D eigenvalue weighted by molar-refractivity contribution is 0.0955. The summed E-state index contributed by atoms with van der Waals surface area (Å²) in [7, 11) is 2.05. The van der Waals surface area contributed by atoms with Crippen molar-refractivity contribution in [2.45, 2.75) is 26.2 Å². The first-order valence-electron chi connectivity index (χ1n) is 10.4. The summed E-state index contributed by atoms with van der Waals surface area (Å²) in [5.41, 5.74) is 8.77. The van der Waals surface area contributed by atoms with Gasteiger partial charge < -0.3 is 4.57 Å². The molecule has 0 bridgehead atoms. The number of carbonyl (C=O) groups excluding carboxylic acids is 1. The molecule has 1 amide bonds. The van der Waals surface area contributed by atoms with Gasteiger partial charge in [-0.1, -0.05) is 81.4 Å². The molecule has 31 heavy (non-hydrogen) atoms. The SMILES string of the molecule is Cn1c(-c2ccccc2)c(C=NNC(=O)c2ccc(C(C)(C)C)cc2)c2ccccc21. The lowest BCUT2D eigenvalue weighted by Gasteiger charge is -2.18. The number of benzene rings is 3. The summed E-state index contributed by atoms with van der Waals surface area (Å²) in [5.74, 6) is -0.224. The molecule has 0 aliphatic heterocycles. The number of nitrogens with zero attached hydrogens (tertiary/aromatic N) is 2. The van der Waals surface area contributed by atoms with Crippen LogP contribution in [0, 0.1) is 0 Å². The van der Waals surface area contributed by atoms with Gasteiger partial charge in [-0.25, -0.2) is 5.43 Å². The average molecular weight is 410 g/mol. The van der Waals surface area contributed by atoms with E-state index in [2.05, 4.69) is 67.2 Å². The van der Waals surface area contributed by atoms with Crippen LogP contribution in [0.1, 0.15) is 42.3 Å². The second-order valence-corrected chi connectivity index (χ2v) is 8.73. The number of aromatic nitrogens is 1. The van der Waals surface area contributed by atoms with Crippen molar-refractivity contribution < 1.29 is 4.79 Å². The van der Waals surface area contributed by atoms with Crippen LogP contribution in [0.3, 0.4) is 0 Å². The molecule has 1 N–H and O–H groups in total. The molecule has 4 rings (SSSR count). The van der Waals surface area contributed by atoms with Crippen molar-refractivity contribution in [3.63, 3.8) is 0 Å². The third-order valence-electron chi connectivity index (χ3n) is 5.57. The number of fused-ring (bicyclic) bond motifs is 1. The molecule has 4 nitrogen and oxygen atoms in total. The van der Waals surface area contributed by atoms with Crippen molar-refractivity contribution >= 4 is 23.0 Å². The molecule has 0 aliphatic carbocycles. The summed E-state index contributed by atoms with van der Waals surface area (Å²) in [5, 5.41) is 5.39. The molecule has 0 saturated carbocycles. The molecule has 1 heterocycles. The Morgan fingerprint density at radius 2 is 1.55 bits per heavy atom. The number of aryl methyl sites for hydroxylation is 1. The van der Waals surface area contributed by atoms with Gasteiger partial charge in [0.1, 0.15) is 0 Å². The molecule has 0 fully saturated rings. The van der Waals surface area contributed by atoms with Crippen molar-refractivity contribution in [3.8, 4) is 11.3 Å². The second-order valence-electron chi connectivity index (χ2n) is 8.73. The number of hydrazone groups is 1. The molecule has 0 aliphatic rings. The smallest absolute Gasteiger partial charge is 0.271 e. The number of rotatable bonds is 4. The van der Waals surface area contributed by atoms with Crippen LogP contribution < -0.4 is 5.43 Å². The van der Waals surface area contributed by atoms with Gasteiger partial charge in [-0.2, -0.15) is 5.10 Å². The van der Waals surface area contributed by atoms with Crippen molar-refractivity contribution in [1.29, 1.82) is 0 Å². The highest BCUT2D eigenvalue weighted by Gasteiger charge is 2.16. The third kappa shape index (κ3) is 4.15. The van der Waals surface area contributed by atoms with Gasteiger partial charge in [0.25, 0.3) is 5.91 Å². The zero-order valence-electron chi connectivity index (χ0n) is 18.4. The Balaban J connectivity index is 1.63. The highest BCUT2D eigenvalue weighted by atomic mass is 16.2. The zero-order chi connectivity index (χ0) is 22.0. The van der Waals surface area contributed by atoms with Crippen LogP contribution in [0.4, 0.5) is 0 Å². The van der Waals surface area contributed by atoms with Crippen LogP contribution >= 0.6 is 0 Å². The summed E-state index contributed by atoms with van der Waals surface area (Å²) in [6, 6.07) is 26.1. The first kappa shape index (κ1) is 20.6. The molecule has 4 heteroatoms. The highest BCUT2D eigenvalue weighted by molar-refractivity contribution is 6.07. The van der Waals surface area contributed by atoms with Crippen LogP contribution in [0.15, 0.2) is 84.0 Å². The van der Waals surface area contributed by atoms with E-state index in [0.29, 0.717) is 5.56 Å². The van der Waals surface area contributed by atoms with Gasteiger partial charge in [-0.15, -0.1) is 0 Å². The molecular formula is C27H27N3O. The summed E-state index contributed by atoms with van der Waals surface area (Å²) in [6.07, 6.45) is 1.74. The Hall–Kier alpha value is -3.66. The van der Waals surface area contributed by atoms with Crippen LogP contribution in [-0.2, 0) is 12.5 Å². The van der Waals surface area contributed by atoms with E-state index in [1.54, 1.807) is 6.21 Å². The minimum atomic E-state index is -0.224. The number of amides is 1. The van der Waals surface area contributed by atoms with E-state index in [9.17, 15) is 4.79 Å². The van der Waals surface area contributed by atoms with E-state index >= 15 is 0 Å². The monoisotopic (exact) mass is 409 g/mol. The van der Waals surface area contributed by atoms with Gasteiger partial charge in [0.05, 0.1) is 11.9 Å². The molecule has 0 atom stereocenters. The second kappa shape index (κ2) is 8.23. The minimum absolute atomic E-state index is 0.0510. The molecule has 1 aromatic heterocycles. The molecule has 0 unspecified atom stereocenters. The van der Waals surface area contributed by atoms with Crippen LogP contribution in [0.5, 0.6) is 0 Å². The summed E-state index contributed by atoms with van der Waals surface area (Å²) in [4.78, 5) is 12.6. The predicted molar refractivity (Wildman–Crippen MR) is 129 cm³/mol. The Labute approximate surface area is 183 Å². The summed E-state index contributed by atoms with van der Waals surface area (Å²) in [6.45, 7) is 6.46. The van der Waals surface area contributed by atoms with Crippen LogP contribution in [-0.4, -0.2) is 16.7 Å². The lowest BCUT2D eigenvalue weighted by Crippen LogP contribution is -2.18. The lowest BCUT2D eigenvalue weighted by atomic mass is 9.87. The third-order valence-corrected chi connectivity index (χ3v) is 5.57. The molecule has 0 spiro atoms. The van der Waals surface area contributed by atoms with Gasteiger partial charge in [0, 0.05) is 29.1 Å². The normalized spacial score (nSPS) is 11.9. The standard InChI is InChI=1S/C27H27N3O/c1-27(2,3)21-16-14-20(15-17-21)26(31)29-28-18-23-22-12-8-9-13-24(22)30(4)25(23)19-10-6-5-7-11-19/h5-18H,1-4H3,(H,29,31). The number of hydrogen-bond acceptors (Lipinski definition) is 2. The van der Waals surface area contributed by atoms with Gasteiger partial charge in [0.15, 0.2) is 0 Å². The Bertz CT molecular complexity index is 1240. The van der Waals surface area contributed by atoms with E-state index in [1.807, 2.05) is 54.6 Å². The molecule has 0 saturated heterocycles. The fraction of sp³-hybridized carbons (Fsp3) is 0.185. The number of nitrogens with one attached hydrogen (secondary N) is 1. The zero-order valence-corrected chi connectivity index (χ0v) is 18.4. The molecule has 3 aromatic carbocycles. The minimum Gasteiger partial charge on any atom is -0.343 e. The van der Waals surface area contributed by atoms with E-state index in [0.717, 1.165) is 27.7 Å². The van der Waals surface area contributed by atoms with Gasteiger partial charge in [-0.05, 0) is 34.7 Å². The van der Waals surface area contributed by atoms with Crippen molar-refractivity contribution in [1.82, 2.24) is 9.99 Å². The fourth-order valence-corrected chi connectivity index (χ4v) is 3.84. The Morgan fingerprint density at radius 1 is 0.903 bits per heavy atom. The average Bonchev–Trinajstić information content (AvgIpc) is 3.06. The number of hydrogen-bond donors (Lipinski definition) is 1. The first-order chi connectivity index (χ1) is 14.9. The molecule has 0 radical (unpaired) electrons. The molecular weight excluding hydrogens is 382 g/mol. The quantitative estimate of drug-likeness (QED) is 0.331. The molecule has 4 aromatic rings. The van der Waals surface area contributed by atoms with Gasteiger partial charge >= 0.3 is 0 Å². The number of para-hydroxylation sites is 1. The van der Waals surface area contributed by atoms with Gasteiger partial charge in [0.2, 0.25) is 0 Å². The van der Waals surface area contributed by atoms with E-state index in [1.165, 1.54) is 5.56 Å². The van der Waals surface area contributed by atoms with Crippen molar-refractivity contribution in [2.24, 2.45) is 12.1 Å². The predicted octanol–water partition coefficient (Wildman–Crippen LogP) is 5.91.